The molecule has 202 valence electrons. The molecule has 4 atom stereocenters. The fourth-order valence-electron chi connectivity index (χ4n) is 4.24. The molecule has 2 rings (SSSR count). The molecule has 37 heavy (non-hydrogen) atoms. The third-order valence-corrected chi connectivity index (χ3v) is 6.59. The molecule has 9 nitrogen and oxygen atoms in total. The predicted molar refractivity (Wildman–Crippen MR) is 144 cm³/mol. The second-order valence-corrected chi connectivity index (χ2v) is 9.51. The van der Waals surface area contributed by atoms with Crippen LogP contribution in [0.25, 0.3) is 0 Å². The molecular formula is C28H41N5O4. The molecule has 0 saturated carbocycles. The number of amides is 3. The van der Waals surface area contributed by atoms with E-state index < -0.39 is 35.8 Å². The number of nitrogens with one attached hydrogen (secondary N) is 1. The Morgan fingerprint density at radius 2 is 1.65 bits per heavy atom. The maximum Gasteiger partial charge on any atom is 0.246 e. The third kappa shape index (κ3) is 9.18. The quantitative estimate of drug-likeness (QED) is 0.229. The Balaban J connectivity index is 2.42. The van der Waals surface area contributed by atoms with E-state index >= 15 is 0 Å². The van der Waals surface area contributed by atoms with Crippen LogP contribution in [0.4, 0.5) is 0 Å². The van der Waals surface area contributed by atoms with Gasteiger partial charge < -0.3 is 32.5 Å². The number of hydrogen-bond donors (Lipinski definition) is 5. The molecule has 0 aliphatic rings. The van der Waals surface area contributed by atoms with Gasteiger partial charge in [-0.3, -0.25) is 14.4 Å². The van der Waals surface area contributed by atoms with E-state index in [0.717, 1.165) is 17.5 Å². The van der Waals surface area contributed by atoms with Crippen LogP contribution in [-0.4, -0.2) is 52.4 Å². The van der Waals surface area contributed by atoms with Gasteiger partial charge in [0.25, 0.3) is 0 Å². The van der Waals surface area contributed by atoms with Gasteiger partial charge in [0.15, 0.2) is 0 Å². The van der Waals surface area contributed by atoms with Crippen LogP contribution in [0, 0.1) is 5.92 Å². The van der Waals surface area contributed by atoms with Crippen molar-refractivity contribution in [3.05, 3.63) is 65.7 Å². The lowest BCUT2D eigenvalue weighted by Crippen LogP contribution is -2.58. The van der Waals surface area contributed by atoms with Gasteiger partial charge in [-0.05, 0) is 48.6 Å². The second-order valence-electron chi connectivity index (χ2n) is 9.51. The van der Waals surface area contributed by atoms with Gasteiger partial charge in [-0.25, -0.2) is 0 Å². The van der Waals surface area contributed by atoms with E-state index in [-0.39, 0.29) is 24.6 Å². The lowest BCUT2D eigenvalue weighted by atomic mass is 9.94. The number of nitrogens with zero attached hydrogens (tertiary/aromatic N) is 1. The van der Waals surface area contributed by atoms with Crippen LogP contribution in [0.5, 0.6) is 5.75 Å². The lowest BCUT2D eigenvalue weighted by Gasteiger charge is -2.36. The first-order valence-corrected chi connectivity index (χ1v) is 12.9. The van der Waals surface area contributed by atoms with Crippen molar-refractivity contribution >= 4 is 17.7 Å². The smallest absolute Gasteiger partial charge is 0.246 e. The highest BCUT2D eigenvalue weighted by Gasteiger charge is 2.36. The van der Waals surface area contributed by atoms with E-state index in [2.05, 4.69) is 5.32 Å². The van der Waals surface area contributed by atoms with Crippen molar-refractivity contribution < 1.29 is 19.5 Å². The first-order valence-electron chi connectivity index (χ1n) is 12.9. The number of aromatic hydroxyl groups is 1. The number of primary amides is 1. The topological polar surface area (TPSA) is 165 Å². The van der Waals surface area contributed by atoms with Crippen LogP contribution in [0.1, 0.15) is 50.7 Å². The summed E-state index contributed by atoms with van der Waals surface area (Å²) in [4.78, 5) is 41.2. The molecule has 2 aromatic rings. The summed E-state index contributed by atoms with van der Waals surface area (Å²) in [5.41, 5.74) is 19.0. The molecule has 0 radical (unpaired) electrons. The van der Waals surface area contributed by atoms with Crippen molar-refractivity contribution in [2.24, 2.45) is 23.1 Å². The highest BCUT2D eigenvalue weighted by molar-refractivity contribution is 5.93. The van der Waals surface area contributed by atoms with Crippen LogP contribution >= 0.6 is 0 Å². The van der Waals surface area contributed by atoms with Crippen LogP contribution in [0.3, 0.4) is 0 Å². The largest absolute Gasteiger partial charge is 0.508 e. The molecular weight excluding hydrogens is 470 g/mol. The van der Waals surface area contributed by atoms with E-state index in [1.165, 1.54) is 17.0 Å². The average molecular weight is 512 g/mol. The van der Waals surface area contributed by atoms with E-state index in [9.17, 15) is 19.5 Å². The molecule has 9 heteroatoms. The van der Waals surface area contributed by atoms with Crippen molar-refractivity contribution in [2.75, 3.05) is 6.54 Å². The minimum absolute atomic E-state index is 0.0915. The van der Waals surface area contributed by atoms with E-state index in [0.29, 0.717) is 25.8 Å². The average Bonchev–Trinajstić information content (AvgIpc) is 2.89. The van der Waals surface area contributed by atoms with E-state index in [1.807, 2.05) is 44.2 Å². The van der Waals surface area contributed by atoms with Crippen molar-refractivity contribution in [3.8, 4) is 5.75 Å². The Bertz CT molecular complexity index is 999. The number of nitrogens with two attached hydrogens (primary N) is 3. The molecule has 0 bridgehead atoms. The maximum atomic E-state index is 14.1. The molecule has 0 saturated heterocycles. The summed E-state index contributed by atoms with van der Waals surface area (Å²) in [6, 6.07) is 13.1. The Hall–Kier alpha value is -3.43. The van der Waals surface area contributed by atoms with Crippen molar-refractivity contribution in [3.63, 3.8) is 0 Å². The summed E-state index contributed by atoms with van der Waals surface area (Å²) >= 11 is 0. The first-order chi connectivity index (χ1) is 17.7. The van der Waals surface area contributed by atoms with Gasteiger partial charge in [0.2, 0.25) is 17.7 Å². The van der Waals surface area contributed by atoms with Gasteiger partial charge >= 0.3 is 0 Å². The molecule has 2 aromatic carbocycles. The van der Waals surface area contributed by atoms with Gasteiger partial charge in [0.1, 0.15) is 17.8 Å². The first kappa shape index (κ1) is 29.8. The monoisotopic (exact) mass is 511 g/mol. The molecule has 0 aromatic heterocycles. The summed E-state index contributed by atoms with van der Waals surface area (Å²) in [5, 5.41) is 12.5. The fourth-order valence-corrected chi connectivity index (χ4v) is 4.24. The number of carbonyl (C=O) groups is 3. The van der Waals surface area contributed by atoms with Gasteiger partial charge in [-0.15, -0.1) is 0 Å². The summed E-state index contributed by atoms with van der Waals surface area (Å²) < 4.78 is 0. The van der Waals surface area contributed by atoms with Gasteiger partial charge in [0, 0.05) is 13.0 Å². The molecule has 8 N–H and O–H groups in total. The van der Waals surface area contributed by atoms with E-state index in [1.54, 1.807) is 12.1 Å². The molecule has 3 amide bonds. The van der Waals surface area contributed by atoms with Crippen LogP contribution in [0.2, 0.25) is 0 Å². The Kier molecular flexibility index (Phi) is 12.1. The molecule has 4 unspecified atom stereocenters. The number of phenolic OH excluding ortho intramolecular Hbond substituents is 1. The summed E-state index contributed by atoms with van der Waals surface area (Å²) in [6.45, 7) is 4.47. The predicted octanol–water partition coefficient (Wildman–Crippen LogP) is 1.80. The fraction of sp³-hybridized carbons (Fsp3) is 0.464. The molecule has 0 aliphatic carbocycles. The highest BCUT2D eigenvalue weighted by Crippen LogP contribution is 2.21. The third-order valence-electron chi connectivity index (χ3n) is 6.59. The van der Waals surface area contributed by atoms with Crippen LogP contribution < -0.4 is 22.5 Å². The maximum absolute atomic E-state index is 14.1. The zero-order valence-electron chi connectivity index (χ0n) is 21.8. The Labute approximate surface area is 219 Å². The molecule has 0 fully saturated rings. The number of benzene rings is 2. The Morgan fingerprint density at radius 1 is 1.00 bits per heavy atom. The summed E-state index contributed by atoms with van der Waals surface area (Å²) in [5.74, 6) is -1.59. The SMILES string of the molecule is CCC(C)C(C(N)=O)N(Cc1ccccc1)C(=O)C(Cc1ccc(O)cc1)NC(=O)C(N)CCCCN. The zero-order chi connectivity index (χ0) is 27.4. The standard InChI is InChI=1S/C28H41N5O4/c1-3-19(2)25(26(31)35)33(18-21-9-5-4-6-10-21)28(37)24(17-20-12-14-22(34)15-13-20)32-27(36)23(30)11-7-8-16-29/h4-6,9-10,12-15,19,23-25,34H,3,7-8,11,16-18,29-30H2,1-2H3,(H2,31,35)(H,32,36). The lowest BCUT2D eigenvalue weighted by molar-refractivity contribution is -0.145. The molecule has 0 spiro atoms. The van der Waals surface area contributed by atoms with Crippen LogP contribution in [-0.2, 0) is 27.3 Å². The van der Waals surface area contributed by atoms with Gasteiger partial charge in [0.05, 0.1) is 6.04 Å². The second kappa shape index (κ2) is 15.0. The Morgan fingerprint density at radius 3 is 2.22 bits per heavy atom. The van der Waals surface area contributed by atoms with E-state index in [4.69, 9.17) is 17.2 Å². The number of hydrogen-bond acceptors (Lipinski definition) is 6. The summed E-state index contributed by atoms with van der Waals surface area (Å²) in [7, 11) is 0. The number of carbonyl (C=O) groups excluding carboxylic acids is 3. The van der Waals surface area contributed by atoms with Crippen molar-refractivity contribution in [1.82, 2.24) is 10.2 Å². The van der Waals surface area contributed by atoms with Crippen LogP contribution in [0.15, 0.2) is 54.6 Å². The number of phenols is 1. The minimum atomic E-state index is -0.993. The highest BCUT2D eigenvalue weighted by atomic mass is 16.3. The number of unbranched alkanes of at least 4 members (excludes halogenated alkanes) is 1. The molecule has 0 aliphatic heterocycles. The van der Waals surface area contributed by atoms with Gasteiger partial charge in [-0.1, -0.05) is 69.2 Å². The summed E-state index contributed by atoms with van der Waals surface area (Å²) in [6.07, 6.45) is 2.66. The molecule has 0 heterocycles. The van der Waals surface area contributed by atoms with Crippen molar-refractivity contribution in [2.45, 2.75) is 70.6 Å². The minimum Gasteiger partial charge on any atom is -0.508 e. The number of rotatable bonds is 15. The normalized spacial score (nSPS) is 14.3. The van der Waals surface area contributed by atoms with Gasteiger partial charge in [-0.2, -0.15) is 0 Å². The van der Waals surface area contributed by atoms with Crippen molar-refractivity contribution in [1.29, 1.82) is 0 Å². The zero-order valence-corrected chi connectivity index (χ0v) is 21.8.